The molecule has 0 aliphatic rings. The standard InChI is InChI=1S/2C11H23NS2.Cd/c2*1-3-5-7-9-12(11(13)14)10-8-6-4-2;/h2*3-10H2,1-2H3,(H,13,14);/q;;+2/p-2. The van der Waals surface area contributed by atoms with E-state index in [0.717, 1.165) is 26.2 Å². The van der Waals surface area contributed by atoms with Crippen LogP contribution < -0.4 is 0 Å². The van der Waals surface area contributed by atoms with Gasteiger partial charge < -0.3 is 59.5 Å². The Kier molecular flexibility index (Phi) is 32.6. The van der Waals surface area contributed by atoms with Gasteiger partial charge in [-0.1, -0.05) is 87.7 Å². The van der Waals surface area contributed by atoms with Crippen molar-refractivity contribution < 1.29 is 27.3 Å². The molecule has 0 fully saturated rings. The van der Waals surface area contributed by atoms with Crippen molar-refractivity contribution in [3.05, 3.63) is 0 Å². The summed E-state index contributed by atoms with van der Waals surface area (Å²) in [6.45, 7) is 13.1. The van der Waals surface area contributed by atoms with Crippen molar-refractivity contribution >= 4 is 58.3 Å². The van der Waals surface area contributed by atoms with Crippen molar-refractivity contribution in [3.63, 3.8) is 0 Å². The minimum absolute atomic E-state index is 0. The first-order chi connectivity index (χ1) is 13.4. The number of unbranched alkanes of at least 4 members (excludes halogenated alkanes) is 8. The molecule has 0 aromatic carbocycles. The molecule has 0 amide bonds. The van der Waals surface area contributed by atoms with Crippen molar-refractivity contribution in [2.75, 3.05) is 26.2 Å². The van der Waals surface area contributed by atoms with Crippen LogP contribution >= 0.6 is 24.4 Å². The normalized spacial score (nSPS) is 9.79. The van der Waals surface area contributed by atoms with E-state index in [1.54, 1.807) is 0 Å². The maximum atomic E-state index is 5.06. The van der Waals surface area contributed by atoms with Gasteiger partial charge in [-0.25, -0.2) is 0 Å². The molecule has 0 saturated carbocycles. The summed E-state index contributed by atoms with van der Waals surface area (Å²) in [7, 11) is 0. The molecule has 0 radical (unpaired) electrons. The van der Waals surface area contributed by atoms with Crippen LogP contribution in [0.2, 0.25) is 0 Å². The molecule has 0 unspecified atom stereocenters. The second kappa shape index (κ2) is 27.2. The number of nitrogens with zero attached hydrogens (tertiary/aromatic N) is 2. The molecule has 29 heavy (non-hydrogen) atoms. The van der Waals surface area contributed by atoms with Crippen LogP contribution in [0.4, 0.5) is 0 Å². The van der Waals surface area contributed by atoms with Gasteiger partial charge in [0, 0.05) is 26.2 Å². The fourth-order valence-corrected chi connectivity index (χ4v) is 3.53. The number of hydrogen-bond acceptors (Lipinski definition) is 4. The zero-order valence-corrected chi connectivity index (χ0v) is 26.9. The Morgan fingerprint density at radius 3 is 0.862 bits per heavy atom. The van der Waals surface area contributed by atoms with E-state index in [-0.39, 0.29) is 27.3 Å². The van der Waals surface area contributed by atoms with Gasteiger partial charge in [0.25, 0.3) is 0 Å². The van der Waals surface area contributed by atoms with Gasteiger partial charge in [0.15, 0.2) is 0 Å². The third-order valence-corrected chi connectivity index (χ3v) is 5.68. The second-order valence-electron chi connectivity index (χ2n) is 7.33. The van der Waals surface area contributed by atoms with Crippen molar-refractivity contribution in [2.45, 2.75) is 105 Å². The molecule has 168 valence electrons. The Hall–Kier alpha value is 1.14. The Labute approximate surface area is 224 Å². The van der Waals surface area contributed by atoms with Crippen molar-refractivity contribution in [1.29, 1.82) is 0 Å². The molecular formula is C22H44CdN2S4. The monoisotopic (exact) mass is 578 g/mol. The van der Waals surface area contributed by atoms with Crippen molar-refractivity contribution in [1.82, 2.24) is 9.80 Å². The molecular weight excluding hydrogens is 533 g/mol. The van der Waals surface area contributed by atoms with Crippen LogP contribution in [0.25, 0.3) is 0 Å². The third kappa shape index (κ3) is 25.3. The predicted molar refractivity (Wildman–Crippen MR) is 141 cm³/mol. The van der Waals surface area contributed by atoms with E-state index in [2.05, 4.69) is 37.5 Å². The molecule has 7 heteroatoms. The van der Waals surface area contributed by atoms with Crippen molar-refractivity contribution in [2.24, 2.45) is 0 Å². The molecule has 0 aliphatic heterocycles. The van der Waals surface area contributed by atoms with Gasteiger partial charge in [-0.05, 0) is 25.7 Å². The maximum Gasteiger partial charge on any atom is 2.00 e. The number of hydrogen-bond donors (Lipinski definition) is 0. The zero-order valence-electron chi connectivity index (χ0n) is 19.5. The van der Waals surface area contributed by atoms with Gasteiger partial charge in [-0.15, -0.1) is 0 Å². The van der Waals surface area contributed by atoms with Gasteiger partial charge in [-0.3, -0.25) is 0 Å². The first kappa shape index (κ1) is 34.7. The molecule has 0 aromatic rings. The average Bonchev–Trinajstić information content (AvgIpc) is 2.66. The summed E-state index contributed by atoms with van der Waals surface area (Å²) in [6, 6.07) is 0. The van der Waals surface area contributed by atoms with Crippen LogP contribution in [0.5, 0.6) is 0 Å². The van der Waals surface area contributed by atoms with E-state index in [0.29, 0.717) is 8.64 Å². The van der Waals surface area contributed by atoms with E-state index in [9.17, 15) is 0 Å². The van der Waals surface area contributed by atoms with Crippen LogP contribution in [0, 0.1) is 0 Å². The maximum absolute atomic E-state index is 5.06. The molecule has 0 saturated heterocycles. The van der Waals surface area contributed by atoms with Gasteiger partial charge in [0.2, 0.25) is 0 Å². The molecule has 0 bridgehead atoms. The average molecular weight is 577 g/mol. The Morgan fingerprint density at radius 1 is 0.517 bits per heavy atom. The molecule has 0 N–H and O–H groups in total. The number of thiocarbonyl (C=S) groups is 2. The summed E-state index contributed by atoms with van der Waals surface area (Å²) in [5.41, 5.74) is 0. The molecule has 0 spiro atoms. The second-order valence-corrected chi connectivity index (χ2v) is 9.40. The van der Waals surface area contributed by atoms with E-state index >= 15 is 0 Å². The summed E-state index contributed by atoms with van der Waals surface area (Å²) in [4.78, 5) is 4.35. The molecule has 0 atom stereocenters. The van der Waals surface area contributed by atoms with Crippen LogP contribution in [0.3, 0.4) is 0 Å². The van der Waals surface area contributed by atoms with Crippen LogP contribution in [-0.4, -0.2) is 44.6 Å². The minimum Gasteiger partial charge on any atom is -0.411 e. The fourth-order valence-electron chi connectivity index (χ4n) is 2.80. The molecule has 0 rings (SSSR count). The Morgan fingerprint density at radius 2 is 0.724 bits per heavy atom. The largest absolute Gasteiger partial charge is 2.00 e. The Balaban J connectivity index is -0.000000451. The first-order valence-corrected chi connectivity index (χ1v) is 13.0. The third-order valence-electron chi connectivity index (χ3n) is 4.64. The van der Waals surface area contributed by atoms with E-state index in [1.165, 1.54) is 77.0 Å². The molecule has 2 nitrogen and oxygen atoms in total. The van der Waals surface area contributed by atoms with Gasteiger partial charge in [0.05, 0.1) is 0 Å². The molecule has 0 heterocycles. The van der Waals surface area contributed by atoms with Gasteiger partial charge in [-0.2, -0.15) is 0 Å². The quantitative estimate of drug-likeness (QED) is 0.0838. The van der Waals surface area contributed by atoms with Gasteiger partial charge in [0.1, 0.15) is 0 Å². The van der Waals surface area contributed by atoms with E-state index in [1.807, 2.05) is 0 Å². The van der Waals surface area contributed by atoms with E-state index in [4.69, 9.17) is 49.7 Å². The minimum atomic E-state index is 0. The summed E-state index contributed by atoms with van der Waals surface area (Å²) < 4.78 is 1.30. The summed E-state index contributed by atoms with van der Waals surface area (Å²) in [6.07, 6.45) is 15.0. The smallest absolute Gasteiger partial charge is 0.411 e. The summed E-state index contributed by atoms with van der Waals surface area (Å²) in [5, 5.41) is 0. The van der Waals surface area contributed by atoms with Crippen molar-refractivity contribution in [3.8, 4) is 0 Å². The number of rotatable bonds is 16. The van der Waals surface area contributed by atoms with E-state index < -0.39 is 0 Å². The fraction of sp³-hybridized carbons (Fsp3) is 0.909. The van der Waals surface area contributed by atoms with Crippen LogP contribution in [-0.2, 0) is 52.6 Å². The van der Waals surface area contributed by atoms with Crippen LogP contribution in [0.15, 0.2) is 0 Å². The van der Waals surface area contributed by atoms with Gasteiger partial charge >= 0.3 is 27.3 Å². The first-order valence-electron chi connectivity index (χ1n) is 11.4. The zero-order chi connectivity index (χ0) is 21.6. The summed E-state index contributed by atoms with van der Waals surface area (Å²) >= 11 is 20.2. The van der Waals surface area contributed by atoms with Crippen LogP contribution in [0.1, 0.15) is 105 Å². The molecule has 0 aromatic heterocycles. The predicted octanol–water partition coefficient (Wildman–Crippen LogP) is 7.00. The molecule has 0 aliphatic carbocycles. The SMILES string of the molecule is CCCCCN(CCCCC)C(=S)[S-].CCCCCN(CCCCC)C(=S)[S-].[Cd+2]. The topological polar surface area (TPSA) is 6.48 Å². The summed E-state index contributed by atoms with van der Waals surface area (Å²) in [5.74, 6) is 0. The Bertz CT molecular complexity index is 317.